The maximum Gasteiger partial charge on any atom is 0.327 e. The molecular formula is C16H17NO4S. The number of benzene rings is 2. The maximum atomic E-state index is 12.1. The first-order chi connectivity index (χ1) is 10.4. The van der Waals surface area contributed by atoms with Gasteiger partial charge in [0, 0.05) is 6.42 Å². The molecule has 0 heterocycles. The van der Waals surface area contributed by atoms with Gasteiger partial charge in [-0.2, -0.15) is 0 Å². The van der Waals surface area contributed by atoms with E-state index in [0.717, 1.165) is 16.1 Å². The summed E-state index contributed by atoms with van der Waals surface area (Å²) in [4.78, 5) is 11.7. The van der Waals surface area contributed by atoms with Gasteiger partial charge in [0.15, 0.2) is 0 Å². The molecule has 0 aliphatic heterocycles. The molecule has 2 aromatic rings. The van der Waals surface area contributed by atoms with Crippen LogP contribution in [0.15, 0.2) is 60.7 Å². The molecular weight excluding hydrogens is 302 g/mol. The Balaban J connectivity index is 2.44. The van der Waals surface area contributed by atoms with Crippen molar-refractivity contribution in [3.05, 3.63) is 66.2 Å². The highest BCUT2D eigenvalue weighted by Gasteiger charge is 2.32. The second-order valence-corrected chi connectivity index (χ2v) is 6.80. The fraction of sp³-hybridized carbons (Fsp3) is 0.188. The zero-order valence-electron chi connectivity index (χ0n) is 12.1. The molecule has 0 amide bonds. The van der Waals surface area contributed by atoms with Gasteiger partial charge in [0.1, 0.15) is 6.04 Å². The predicted octanol–water partition coefficient (Wildman–Crippen LogP) is 2.15. The smallest absolute Gasteiger partial charge is 0.327 e. The Morgan fingerprint density at radius 1 is 1.05 bits per heavy atom. The van der Waals surface area contributed by atoms with Gasteiger partial charge in [-0.3, -0.25) is 4.31 Å². The Bertz CT molecular complexity index is 729. The van der Waals surface area contributed by atoms with Crippen LogP contribution in [0.1, 0.15) is 5.56 Å². The molecule has 0 bridgehead atoms. The van der Waals surface area contributed by atoms with E-state index in [2.05, 4.69) is 0 Å². The van der Waals surface area contributed by atoms with Crippen molar-refractivity contribution in [3.8, 4) is 0 Å². The van der Waals surface area contributed by atoms with Crippen LogP contribution in [0.3, 0.4) is 0 Å². The molecule has 0 saturated carbocycles. The first-order valence-electron chi connectivity index (χ1n) is 6.71. The van der Waals surface area contributed by atoms with Crippen molar-refractivity contribution in [1.82, 2.24) is 0 Å². The summed E-state index contributed by atoms with van der Waals surface area (Å²) in [6.45, 7) is 0. The first kappa shape index (κ1) is 16.0. The molecule has 0 aliphatic carbocycles. The van der Waals surface area contributed by atoms with Crippen LogP contribution in [0.5, 0.6) is 0 Å². The van der Waals surface area contributed by atoms with E-state index < -0.39 is 22.0 Å². The van der Waals surface area contributed by atoms with E-state index in [1.807, 2.05) is 6.07 Å². The minimum Gasteiger partial charge on any atom is -0.480 e. The zero-order chi connectivity index (χ0) is 16.2. The molecule has 1 unspecified atom stereocenters. The standard InChI is InChI=1S/C16H17NO4S/c1-22(20,21)17(14-10-6-3-7-11-14)15(16(18)19)12-13-8-4-2-5-9-13/h2-11,15H,12H2,1H3,(H,18,19). The minimum atomic E-state index is -3.73. The minimum absolute atomic E-state index is 0.0954. The van der Waals surface area contributed by atoms with Gasteiger partial charge in [-0.15, -0.1) is 0 Å². The van der Waals surface area contributed by atoms with Crippen LogP contribution in [-0.2, 0) is 21.2 Å². The van der Waals surface area contributed by atoms with Crippen LogP contribution in [0.25, 0.3) is 0 Å². The normalized spacial score (nSPS) is 12.6. The quantitative estimate of drug-likeness (QED) is 0.885. The number of hydrogen-bond donors (Lipinski definition) is 1. The Labute approximate surface area is 129 Å². The topological polar surface area (TPSA) is 74.7 Å². The summed E-state index contributed by atoms with van der Waals surface area (Å²) in [5.74, 6) is -1.18. The van der Waals surface area contributed by atoms with Gasteiger partial charge in [0.2, 0.25) is 10.0 Å². The highest BCUT2D eigenvalue weighted by molar-refractivity contribution is 7.92. The molecule has 22 heavy (non-hydrogen) atoms. The average molecular weight is 319 g/mol. The van der Waals surface area contributed by atoms with Gasteiger partial charge in [-0.25, -0.2) is 13.2 Å². The van der Waals surface area contributed by atoms with Crippen molar-refractivity contribution >= 4 is 21.7 Å². The fourth-order valence-corrected chi connectivity index (χ4v) is 3.42. The number of para-hydroxylation sites is 1. The molecule has 0 radical (unpaired) electrons. The highest BCUT2D eigenvalue weighted by atomic mass is 32.2. The van der Waals surface area contributed by atoms with Crippen molar-refractivity contribution < 1.29 is 18.3 Å². The van der Waals surface area contributed by atoms with Crippen molar-refractivity contribution in [2.75, 3.05) is 10.6 Å². The SMILES string of the molecule is CS(=O)(=O)N(c1ccccc1)C(Cc1ccccc1)C(=O)O. The van der Waals surface area contributed by atoms with Crippen molar-refractivity contribution in [2.24, 2.45) is 0 Å². The van der Waals surface area contributed by atoms with Crippen LogP contribution in [0.4, 0.5) is 5.69 Å². The number of carboxylic acids is 1. The van der Waals surface area contributed by atoms with Gasteiger partial charge in [0.25, 0.3) is 0 Å². The van der Waals surface area contributed by atoms with E-state index in [-0.39, 0.29) is 6.42 Å². The van der Waals surface area contributed by atoms with E-state index in [1.165, 1.54) is 0 Å². The second kappa shape index (κ2) is 6.62. The third-order valence-electron chi connectivity index (χ3n) is 3.21. The molecule has 1 atom stereocenters. The van der Waals surface area contributed by atoms with E-state index >= 15 is 0 Å². The van der Waals surface area contributed by atoms with Crippen LogP contribution in [0.2, 0.25) is 0 Å². The average Bonchev–Trinajstić information content (AvgIpc) is 2.47. The molecule has 1 N–H and O–H groups in total. The van der Waals surface area contributed by atoms with Crippen molar-refractivity contribution in [1.29, 1.82) is 0 Å². The van der Waals surface area contributed by atoms with Crippen molar-refractivity contribution in [3.63, 3.8) is 0 Å². The lowest BCUT2D eigenvalue weighted by atomic mass is 10.1. The van der Waals surface area contributed by atoms with Crippen LogP contribution < -0.4 is 4.31 Å². The molecule has 0 aliphatic rings. The largest absolute Gasteiger partial charge is 0.480 e. The molecule has 0 aromatic heterocycles. The number of hydrogen-bond acceptors (Lipinski definition) is 3. The van der Waals surface area contributed by atoms with E-state index in [4.69, 9.17) is 0 Å². The summed E-state index contributed by atoms with van der Waals surface area (Å²) in [7, 11) is -3.73. The number of sulfonamides is 1. The third kappa shape index (κ3) is 3.85. The lowest BCUT2D eigenvalue weighted by Gasteiger charge is -2.28. The number of aliphatic carboxylic acids is 1. The summed E-state index contributed by atoms with van der Waals surface area (Å²) in [6.07, 6.45) is 1.11. The van der Waals surface area contributed by atoms with Gasteiger partial charge in [-0.1, -0.05) is 48.5 Å². The summed E-state index contributed by atoms with van der Waals surface area (Å²) in [5, 5.41) is 9.52. The highest BCUT2D eigenvalue weighted by Crippen LogP contribution is 2.22. The predicted molar refractivity (Wildman–Crippen MR) is 85.3 cm³/mol. The van der Waals surface area contributed by atoms with E-state index in [1.54, 1.807) is 54.6 Å². The van der Waals surface area contributed by atoms with Gasteiger partial charge >= 0.3 is 5.97 Å². The van der Waals surface area contributed by atoms with Crippen LogP contribution >= 0.6 is 0 Å². The molecule has 6 heteroatoms. The third-order valence-corrected chi connectivity index (χ3v) is 4.39. The number of carboxylic acid groups (broad SMARTS) is 1. The van der Waals surface area contributed by atoms with Crippen LogP contribution in [-0.4, -0.2) is 31.8 Å². The number of rotatable bonds is 6. The summed E-state index contributed by atoms with van der Waals surface area (Å²) in [6, 6.07) is 16.0. The van der Waals surface area contributed by atoms with Gasteiger partial charge in [-0.05, 0) is 17.7 Å². The molecule has 2 aromatic carbocycles. The fourth-order valence-electron chi connectivity index (χ4n) is 2.29. The molecule has 2 rings (SSSR count). The molecule has 0 fully saturated rings. The number of nitrogens with zero attached hydrogens (tertiary/aromatic N) is 1. The Morgan fingerprint density at radius 3 is 2.00 bits per heavy atom. The van der Waals surface area contributed by atoms with Gasteiger partial charge in [0.05, 0.1) is 11.9 Å². The summed E-state index contributed by atoms with van der Waals surface area (Å²) in [5.41, 5.74) is 1.10. The summed E-state index contributed by atoms with van der Waals surface area (Å²) < 4.78 is 25.2. The van der Waals surface area contributed by atoms with E-state index in [0.29, 0.717) is 5.69 Å². The monoisotopic (exact) mass is 319 g/mol. The number of anilines is 1. The summed E-state index contributed by atoms with van der Waals surface area (Å²) >= 11 is 0. The first-order valence-corrected chi connectivity index (χ1v) is 8.55. The lowest BCUT2D eigenvalue weighted by molar-refractivity contribution is -0.138. The Hall–Kier alpha value is -2.34. The van der Waals surface area contributed by atoms with Crippen molar-refractivity contribution in [2.45, 2.75) is 12.5 Å². The molecule has 0 saturated heterocycles. The zero-order valence-corrected chi connectivity index (χ0v) is 12.9. The molecule has 0 spiro atoms. The Morgan fingerprint density at radius 2 is 1.55 bits per heavy atom. The molecule has 116 valence electrons. The Kier molecular flexibility index (Phi) is 4.82. The van der Waals surface area contributed by atoms with Gasteiger partial charge < -0.3 is 5.11 Å². The lowest BCUT2D eigenvalue weighted by Crippen LogP contribution is -2.46. The van der Waals surface area contributed by atoms with E-state index in [9.17, 15) is 18.3 Å². The molecule has 5 nitrogen and oxygen atoms in total. The van der Waals surface area contributed by atoms with Crippen LogP contribution in [0, 0.1) is 0 Å². The maximum absolute atomic E-state index is 12.1. The number of carbonyl (C=O) groups is 1. The second-order valence-electron chi connectivity index (χ2n) is 4.94.